The Labute approximate surface area is 72.8 Å². The van der Waals surface area contributed by atoms with E-state index in [1.165, 1.54) is 37.1 Å². The molecule has 3 nitrogen and oxygen atoms in total. The summed E-state index contributed by atoms with van der Waals surface area (Å²) in [4.78, 5) is 0. The molecule has 0 N–H and O–H groups in total. The second-order valence-corrected chi connectivity index (χ2v) is 3.41. The Hall–Kier alpha value is -0.860. The maximum Gasteiger partial charge on any atom is 0.0859 e. The molecule has 0 aromatic carbocycles. The third-order valence-electron chi connectivity index (χ3n) is 2.44. The number of aryl methyl sites for hydroxylation is 2. The predicted molar refractivity (Wildman–Crippen MR) is 47.0 cm³/mol. The molecule has 1 aliphatic rings. The molecule has 1 aromatic rings. The van der Waals surface area contributed by atoms with Gasteiger partial charge in [0.15, 0.2) is 0 Å². The quantitative estimate of drug-likeness (QED) is 0.666. The smallest absolute Gasteiger partial charge is 0.0859 e. The number of hydrogen-bond donors (Lipinski definition) is 0. The lowest BCUT2D eigenvalue weighted by molar-refractivity contribution is 0.476. The summed E-state index contributed by atoms with van der Waals surface area (Å²) in [6.45, 7) is 3.26. The van der Waals surface area contributed by atoms with Crippen LogP contribution in [-0.4, -0.2) is 15.0 Å². The van der Waals surface area contributed by atoms with Crippen LogP contribution >= 0.6 is 0 Å². The van der Waals surface area contributed by atoms with Crippen molar-refractivity contribution in [2.75, 3.05) is 0 Å². The minimum Gasteiger partial charge on any atom is -0.249 e. The van der Waals surface area contributed by atoms with E-state index in [0.29, 0.717) is 0 Å². The molecule has 66 valence electrons. The van der Waals surface area contributed by atoms with Gasteiger partial charge in [-0.1, -0.05) is 18.6 Å². The van der Waals surface area contributed by atoms with Crippen molar-refractivity contribution in [2.24, 2.45) is 0 Å². The summed E-state index contributed by atoms with van der Waals surface area (Å²) in [5.41, 5.74) is 2.63. The highest BCUT2D eigenvalue weighted by molar-refractivity contribution is 5.11. The van der Waals surface area contributed by atoms with Gasteiger partial charge in [0.25, 0.3) is 0 Å². The summed E-state index contributed by atoms with van der Waals surface area (Å²) in [5, 5.41) is 8.34. The zero-order chi connectivity index (χ0) is 8.39. The summed E-state index contributed by atoms with van der Waals surface area (Å²) < 4.78 is 2.08. The highest BCUT2D eigenvalue weighted by atomic mass is 15.4. The fourth-order valence-corrected chi connectivity index (χ4v) is 1.81. The molecule has 1 aliphatic heterocycles. The van der Waals surface area contributed by atoms with Crippen LogP contribution in [0.25, 0.3) is 0 Å². The molecule has 1 aromatic heterocycles. The molecule has 12 heavy (non-hydrogen) atoms. The Balaban J connectivity index is 2.25. The van der Waals surface area contributed by atoms with Crippen LogP contribution in [0.15, 0.2) is 0 Å². The maximum atomic E-state index is 4.20. The number of rotatable bonds is 2. The zero-order valence-corrected chi connectivity index (χ0v) is 7.58. The van der Waals surface area contributed by atoms with Crippen molar-refractivity contribution >= 4 is 0 Å². The molecule has 0 saturated heterocycles. The SMILES string of the molecule is CCCc1nnn2c1CCCC2. The van der Waals surface area contributed by atoms with E-state index in [9.17, 15) is 0 Å². The van der Waals surface area contributed by atoms with Crippen molar-refractivity contribution in [1.29, 1.82) is 0 Å². The number of aromatic nitrogens is 3. The number of hydrogen-bond acceptors (Lipinski definition) is 2. The molecular weight excluding hydrogens is 150 g/mol. The Bertz CT molecular complexity index is 265. The molecule has 0 atom stereocenters. The first kappa shape index (κ1) is 7.77. The second-order valence-electron chi connectivity index (χ2n) is 3.41. The molecule has 0 aliphatic carbocycles. The van der Waals surface area contributed by atoms with Gasteiger partial charge >= 0.3 is 0 Å². The molecule has 0 saturated carbocycles. The van der Waals surface area contributed by atoms with Crippen molar-refractivity contribution in [3.05, 3.63) is 11.4 Å². The van der Waals surface area contributed by atoms with E-state index < -0.39 is 0 Å². The summed E-state index contributed by atoms with van der Waals surface area (Å²) in [7, 11) is 0. The van der Waals surface area contributed by atoms with Crippen molar-refractivity contribution in [1.82, 2.24) is 15.0 Å². The van der Waals surface area contributed by atoms with Crippen molar-refractivity contribution < 1.29 is 0 Å². The van der Waals surface area contributed by atoms with E-state index >= 15 is 0 Å². The molecule has 0 amide bonds. The van der Waals surface area contributed by atoms with Crippen molar-refractivity contribution in [3.8, 4) is 0 Å². The monoisotopic (exact) mass is 165 g/mol. The third kappa shape index (κ3) is 1.24. The molecule has 0 radical (unpaired) electrons. The molecule has 0 fully saturated rings. The van der Waals surface area contributed by atoms with Crippen LogP contribution in [0.1, 0.15) is 37.6 Å². The van der Waals surface area contributed by atoms with Crippen LogP contribution in [0.3, 0.4) is 0 Å². The molecule has 3 heteroatoms. The van der Waals surface area contributed by atoms with Crippen molar-refractivity contribution in [2.45, 2.75) is 45.6 Å². The molecule has 0 bridgehead atoms. The van der Waals surface area contributed by atoms with Crippen molar-refractivity contribution in [3.63, 3.8) is 0 Å². The lowest BCUT2D eigenvalue weighted by atomic mass is 10.1. The minimum absolute atomic E-state index is 1.08. The average molecular weight is 165 g/mol. The minimum atomic E-state index is 1.08. The van der Waals surface area contributed by atoms with E-state index in [0.717, 1.165) is 13.0 Å². The predicted octanol–water partition coefficient (Wildman–Crippen LogP) is 1.57. The number of nitrogens with zero attached hydrogens (tertiary/aromatic N) is 3. The largest absolute Gasteiger partial charge is 0.249 e. The van der Waals surface area contributed by atoms with Gasteiger partial charge < -0.3 is 0 Å². The van der Waals surface area contributed by atoms with Gasteiger partial charge in [-0.25, -0.2) is 4.68 Å². The second kappa shape index (κ2) is 3.25. The van der Waals surface area contributed by atoms with E-state index in [1.807, 2.05) is 0 Å². The van der Waals surface area contributed by atoms with E-state index in [4.69, 9.17) is 0 Å². The van der Waals surface area contributed by atoms with E-state index in [2.05, 4.69) is 21.9 Å². The molecular formula is C9H15N3. The van der Waals surface area contributed by atoms with Gasteiger partial charge in [0.2, 0.25) is 0 Å². The standard InChI is InChI=1S/C9H15N3/c1-2-5-8-9-6-3-4-7-12(9)11-10-8/h2-7H2,1H3. The first-order valence-electron chi connectivity index (χ1n) is 4.83. The molecule has 2 heterocycles. The Morgan fingerprint density at radius 1 is 1.42 bits per heavy atom. The highest BCUT2D eigenvalue weighted by Gasteiger charge is 2.14. The molecule has 0 unspecified atom stereocenters. The lowest BCUT2D eigenvalue weighted by Gasteiger charge is -2.12. The normalized spacial score (nSPS) is 16.1. The highest BCUT2D eigenvalue weighted by Crippen LogP contribution is 2.16. The van der Waals surface area contributed by atoms with Gasteiger partial charge in [0, 0.05) is 6.54 Å². The van der Waals surface area contributed by atoms with Crippen LogP contribution in [0.4, 0.5) is 0 Å². The van der Waals surface area contributed by atoms with Gasteiger partial charge in [0.05, 0.1) is 11.4 Å². The van der Waals surface area contributed by atoms with Gasteiger partial charge in [-0.2, -0.15) is 0 Å². The average Bonchev–Trinajstić information content (AvgIpc) is 2.50. The van der Waals surface area contributed by atoms with Crippen LogP contribution < -0.4 is 0 Å². The van der Waals surface area contributed by atoms with Crippen LogP contribution in [0.5, 0.6) is 0 Å². The fraction of sp³-hybridized carbons (Fsp3) is 0.778. The van der Waals surface area contributed by atoms with Crippen LogP contribution in [0, 0.1) is 0 Å². The molecule has 0 spiro atoms. The topological polar surface area (TPSA) is 30.7 Å². The summed E-state index contributed by atoms with van der Waals surface area (Å²) in [6.07, 6.45) is 6.02. The first-order chi connectivity index (χ1) is 5.92. The first-order valence-corrected chi connectivity index (χ1v) is 4.83. The lowest BCUT2D eigenvalue weighted by Crippen LogP contribution is -2.12. The van der Waals surface area contributed by atoms with E-state index in [-0.39, 0.29) is 0 Å². The number of fused-ring (bicyclic) bond motifs is 1. The van der Waals surface area contributed by atoms with E-state index in [1.54, 1.807) is 0 Å². The van der Waals surface area contributed by atoms with Crippen LogP contribution in [0.2, 0.25) is 0 Å². The van der Waals surface area contributed by atoms with Gasteiger partial charge in [-0.05, 0) is 25.7 Å². The fourth-order valence-electron chi connectivity index (χ4n) is 1.81. The summed E-state index contributed by atoms with van der Waals surface area (Å²) in [5.74, 6) is 0. The zero-order valence-electron chi connectivity index (χ0n) is 7.58. The summed E-state index contributed by atoms with van der Waals surface area (Å²) >= 11 is 0. The molecule has 2 rings (SSSR count). The Morgan fingerprint density at radius 3 is 3.17 bits per heavy atom. The van der Waals surface area contributed by atoms with Gasteiger partial charge in [0.1, 0.15) is 0 Å². The Kier molecular flexibility index (Phi) is 2.11. The van der Waals surface area contributed by atoms with Gasteiger partial charge in [-0.15, -0.1) is 5.10 Å². The summed E-state index contributed by atoms with van der Waals surface area (Å²) in [6, 6.07) is 0. The Morgan fingerprint density at radius 2 is 2.33 bits per heavy atom. The maximum absolute atomic E-state index is 4.20. The van der Waals surface area contributed by atoms with Gasteiger partial charge in [-0.3, -0.25) is 0 Å². The third-order valence-corrected chi connectivity index (χ3v) is 2.44. The van der Waals surface area contributed by atoms with Crippen LogP contribution in [-0.2, 0) is 19.4 Å².